The van der Waals surface area contributed by atoms with Crippen LogP contribution in [0.15, 0.2) is 24.4 Å². The van der Waals surface area contributed by atoms with E-state index in [2.05, 4.69) is 4.98 Å². The molecule has 0 bridgehead atoms. The van der Waals surface area contributed by atoms with Crippen LogP contribution in [-0.4, -0.2) is 16.9 Å². The number of nitrogens with zero attached hydrogens (tertiary/aromatic N) is 1. The quantitative estimate of drug-likeness (QED) is 0.825. The highest BCUT2D eigenvalue weighted by Gasteiger charge is 2.41. The molecule has 0 unspecified atom stereocenters. The minimum atomic E-state index is -4.77. The molecule has 1 aromatic heterocycles. The second kappa shape index (κ2) is 6.52. The summed E-state index contributed by atoms with van der Waals surface area (Å²) in [5.74, 6) is -1.72. The summed E-state index contributed by atoms with van der Waals surface area (Å²) < 4.78 is 36.4. The van der Waals surface area contributed by atoms with Crippen molar-refractivity contribution in [2.45, 2.75) is 45.7 Å². The first-order valence-electron chi connectivity index (χ1n) is 5.75. The molecular weight excluding hydrogens is 243 g/mol. The van der Waals surface area contributed by atoms with Gasteiger partial charge in [-0.3, -0.25) is 9.78 Å². The minimum absolute atomic E-state index is 0.479. The molecule has 18 heavy (non-hydrogen) atoms. The van der Waals surface area contributed by atoms with E-state index in [0.717, 1.165) is 0 Å². The van der Waals surface area contributed by atoms with Gasteiger partial charge in [0, 0.05) is 23.7 Å². The van der Waals surface area contributed by atoms with E-state index in [-0.39, 0.29) is 0 Å². The number of rotatable bonds is 3. The highest BCUT2D eigenvalue weighted by molar-refractivity contribution is 5.85. The van der Waals surface area contributed by atoms with Gasteiger partial charge in [-0.15, -0.1) is 0 Å². The third-order valence-electron chi connectivity index (χ3n) is 2.28. The Morgan fingerprint density at radius 2 is 1.78 bits per heavy atom. The molecule has 0 atom stereocenters. The fourth-order valence-electron chi connectivity index (χ4n) is 1.36. The van der Waals surface area contributed by atoms with E-state index in [4.69, 9.17) is 0 Å². The number of aromatic nitrogens is 1. The molecule has 1 aromatic rings. The summed E-state index contributed by atoms with van der Waals surface area (Å²) in [6.07, 6.45) is -3.87. The van der Waals surface area contributed by atoms with Crippen molar-refractivity contribution in [3.63, 3.8) is 0 Å². The predicted octanol–water partition coefficient (Wildman–Crippen LogP) is 3.91. The molecule has 1 heterocycles. The molecule has 0 saturated heterocycles. The molecule has 0 aliphatic rings. The Kier molecular flexibility index (Phi) is 6.01. The average molecular weight is 261 g/mol. The number of hydrogen-bond donors (Lipinski definition) is 0. The maximum Gasteiger partial charge on any atom is 0.450 e. The van der Waals surface area contributed by atoms with Crippen molar-refractivity contribution in [1.82, 2.24) is 4.98 Å². The van der Waals surface area contributed by atoms with Crippen LogP contribution in [0.3, 0.4) is 0 Å². The van der Waals surface area contributed by atoms with Gasteiger partial charge in [-0.1, -0.05) is 33.8 Å². The van der Waals surface area contributed by atoms with Crippen LogP contribution in [0.4, 0.5) is 13.2 Å². The van der Waals surface area contributed by atoms with Gasteiger partial charge in [0.05, 0.1) is 0 Å². The van der Waals surface area contributed by atoms with Crippen molar-refractivity contribution in [2.24, 2.45) is 0 Å². The lowest BCUT2D eigenvalue weighted by Gasteiger charge is -2.23. The van der Waals surface area contributed by atoms with E-state index < -0.39 is 23.8 Å². The third kappa shape index (κ3) is 4.85. The number of Topliss-reactive ketones (excluding diaryl/α,β-unsaturated/α-hetero) is 1. The van der Waals surface area contributed by atoms with Gasteiger partial charge in [0.2, 0.25) is 5.78 Å². The van der Waals surface area contributed by atoms with Gasteiger partial charge in [0.1, 0.15) is 0 Å². The number of pyridine rings is 1. The van der Waals surface area contributed by atoms with Crippen molar-refractivity contribution >= 4 is 5.78 Å². The first-order valence-corrected chi connectivity index (χ1v) is 5.75. The number of carbonyl (C=O) groups is 1. The molecule has 0 aromatic carbocycles. The van der Waals surface area contributed by atoms with Crippen LogP contribution in [-0.2, 0) is 10.2 Å². The Bertz CT molecular complexity index is 372. The fraction of sp³-hybridized carbons (Fsp3) is 0.538. The summed E-state index contributed by atoms with van der Waals surface area (Å²) in [6.45, 7) is 7.14. The summed E-state index contributed by atoms with van der Waals surface area (Å²) in [6, 6.07) is 4.97. The highest BCUT2D eigenvalue weighted by Crippen LogP contribution is 2.29. The van der Waals surface area contributed by atoms with Crippen LogP contribution in [0, 0.1) is 0 Å². The molecule has 102 valence electrons. The predicted molar refractivity (Wildman–Crippen MR) is 64.3 cm³/mol. The maximum absolute atomic E-state index is 12.1. The third-order valence-corrected chi connectivity index (χ3v) is 2.28. The second-order valence-corrected chi connectivity index (χ2v) is 4.20. The van der Waals surface area contributed by atoms with Gasteiger partial charge in [-0.05, 0) is 12.1 Å². The molecular formula is C13H18F3NO. The zero-order chi connectivity index (χ0) is 14.4. The molecule has 0 aliphatic heterocycles. The van der Waals surface area contributed by atoms with Crippen LogP contribution >= 0.6 is 0 Å². The van der Waals surface area contributed by atoms with Crippen LogP contribution in [0.5, 0.6) is 0 Å². The molecule has 1 rings (SSSR count). The number of alkyl halides is 3. The molecule has 0 N–H and O–H groups in total. The van der Waals surface area contributed by atoms with Crippen LogP contribution in [0.25, 0.3) is 0 Å². The van der Waals surface area contributed by atoms with Gasteiger partial charge in [-0.25, -0.2) is 0 Å². The molecule has 0 aliphatic carbocycles. The molecule has 0 radical (unpaired) electrons. The van der Waals surface area contributed by atoms with E-state index in [1.54, 1.807) is 32.0 Å². The molecule has 5 heteroatoms. The zero-order valence-electron chi connectivity index (χ0n) is 11.0. The van der Waals surface area contributed by atoms with E-state index in [1.807, 2.05) is 13.8 Å². The number of ketones is 1. The summed E-state index contributed by atoms with van der Waals surface area (Å²) in [5.41, 5.74) is -0.430. The monoisotopic (exact) mass is 261 g/mol. The van der Waals surface area contributed by atoms with Gasteiger partial charge in [-0.2, -0.15) is 13.2 Å². The highest BCUT2D eigenvalue weighted by atomic mass is 19.4. The first kappa shape index (κ1) is 16.6. The molecule has 0 amide bonds. The Morgan fingerprint density at radius 1 is 1.22 bits per heavy atom. The Hall–Kier alpha value is -1.39. The summed E-state index contributed by atoms with van der Waals surface area (Å²) in [5, 5.41) is 0. The van der Waals surface area contributed by atoms with Gasteiger partial charge in [0.25, 0.3) is 0 Å². The smallest absolute Gasteiger partial charge is 0.290 e. The summed E-state index contributed by atoms with van der Waals surface area (Å²) in [4.78, 5) is 14.9. The minimum Gasteiger partial charge on any atom is -0.290 e. The Labute approximate surface area is 105 Å². The SMILES string of the molecule is CC.CC(C)(CC(=O)C(F)(F)F)c1ccccn1. The zero-order valence-corrected chi connectivity index (χ0v) is 11.0. The molecule has 0 saturated carbocycles. The first-order chi connectivity index (χ1) is 8.23. The Balaban J connectivity index is 0.00000137. The lowest BCUT2D eigenvalue weighted by atomic mass is 9.83. The van der Waals surface area contributed by atoms with E-state index >= 15 is 0 Å². The van der Waals surface area contributed by atoms with Crippen LogP contribution in [0.2, 0.25) is 0 Å². The molecule has 2 nitrogen and oxygen atoms in total. The number of hydrogen-bond acceptors (Lipinski definition) is 2. The van der Waals surface area contributed by atoms with E-state index in [0.29, 0.717) is 5.69 Å². The molecule has 0 spiro atoms. The fourth-order valence-corrected chi connectivity index (χ4v) is 1.36. The van der Waals surface area contributed by atoms with Gasteiger partial charge >= 0.3 is 6.18 Å². The largest absolute Gasteiger partial charge is 0.450 e. The average Bonchev–Trinajstić information content (AvgIpc) is 2.31. The standard InChI is InChI=1S/C11H12F3NO.C2H6/c1-10(2,7-9(16)11(12,13)14)8-5-3-4-6-15-8;1-2/h3-6H,7H2,1-2H3;1-2H3. The normalized spacial score (nSPS) is 11.5. The second-order valence-electron chi connectivity index (χ2n) is 4.20. The van der Waals surface area contributed by atoms with Crippen molar-refractivity contribution in [2.75, 3.05) is 0 Å². The maximum atomic E-state index is 12.1. The topological polar surface area (TPSA) is 30.0 Å². The van der Waals surface area contributed by atoms with E-state index in [9.17, 15) is 18.0 Å². The van der Waals surface area contributed by atoms with Crippen molar-refractivity contribution in [1.29, 1.82) is 0 Å². The van der Waals surface area contributed by atoms with Crippen molar-refractivity contribution in [3.05, 3.63) is 30.1 Å². The lowest BCUT2D eigenvalue weighted by Crippen LogP contribution is -2.31. The number of halogens is 3. The lowest BCUT2D eigenvalue weighted by molar-refractivity contribution is -0.172. The van der Waals surface area contributed by atoms with Crippen molar-refractivity contribution < 1.29 is 18.0 Å². The van der Waals surface area contributed by atoms with Gasteiger partial charge in [0.15, 0.2) is 0 Å². The number of carbonyl (C=O) groups excluding carboxylic acids is 1. The van der Waals surface area contributed by atoms with Crippen LogP contribution in [0.1, 0.15) is 39.8 Å². The van der Waals surface area contributed by atoms with Gasteiger partial charge < -0.3 is 0 Å². The molecule has 0 fully saturated rings. The van der Waals surface area contributed by atoms with E-state index in [1.165, 1.54) is 6.20 Å². The van der Waals surface area contributed by atoms with Crippen molar-refractivity contribution in [3.8, 4) is 0 Å². The summed E-state index contributed by atoms with van der Waals surface area (Å²) in [7, 11) is 0. The van der Waals surface area contributed by atoms with Crippen LogP contribution < -0.4 is 0 Å². The summed E-state index contributed by atoms with van der Waals surface area (Å²) >= 11 is 0. The Morgan fingerprint density at radius 3 is 2.17 bits per heavy atom.